The van der Waals surface area contributed by atoms with Gasteiger partial charge >= 0.3 is 0 Å². The molecule has 3 aromatic carbocycles. The van der Waals surface area contributed by atoms with Crippen LogP contribution in [0.15, 0.2) is 77.7 Å². The molecule has 0 radical (unpaired) electrons. The lowest BCUT2D eigenvalue weighted by molar-refractivity contribution is -0.140. The summed E-state index contributed by atoms with van der Waals surface area (Å²) < 4.78 is 34.0. The van der Waals surface area contributed by atoms with E-state index in [1.165, 1.54) is 24.1 Å². The van der Waals surface area contributed by atoms with Crippen LogP contribution >= 0.6 is 0 Å². The van der Waals surface area contributed by atoms with Crippen molar-refractivity contribution in [3.63, 3.8) is 0 Å². The van der Waals surface area contributed by atoms with Crippen LogP contribution in [0.4, 0.5) is 5.69 Å². The number of hydrogen-bond acceptors (Lipinski definition) is 5. The molecular formula is C29H35N3O5S. The Balaban J connectivity index is 2.04. The number of aryl methyl sites for hydroxylation is 2. The van der Waals surface area contributed by atoms with Crippen molar-refractivity contribution < 1.29 is 22.7 Å². The first-order valence-electron chi connectivity index (χ1n) is 12.4. The van der Waals surface area contributed by atoms with Gasteiger partial charge in [0.2, 0.25) is 11.8 Å². The maximum atomic E-state index is 13.9. The normalized spacial score (nSPS) is 11.9. The van der Waals surface area contributed by atoms with E-state index in [1.54, 1.807) is 49.6 Å². The summed E-state index contributed by atoms with van der Waals surface area (Å²) >= 11 is 0. The summed E-state index contributed by atoms with van der Waals surface area (Å²) in [6.45, 7) is 5.20. The van der Waals surface area contributed by atoms with Gasteiger partial charge < -0.3 is 15.0 Å². The molecule has 0 saturated heterocycles. The van der Waals surface area contributed by atoms with E-state index in [2.05, 4.69) is 5.32 Å². The second kappa shape index (κ2) is 12.6. The van der Waals surface area contributed by atoms with Gasteiger partial charge in [-0.1, -0.05) is 48.9 Å². The third-order valence-electron chi connectivity index (χ3n) is 6.32. The van der Waals surface area contributed by atoms with Gasteiger partial charge in [0.15, 0.2) is 0 Å². The molecule has 38 heavy (non-hydrogen) atoms. The number of carbonyl (C=O) groups is 2. The number of likely N-dealkylation sites (N-methyl/N-ethyl adjacent to an activating group) is 1. The summed E-state index contributed by atoms with van der Waals surface area (Å²) in [5.41, 5.74) is 2.93. The first-order chi connectivity index (χ1) is 18.1. The molecule has 0 saturated carbocycles. The molecule has 202 valence electrons. The van der Waals surface area contributed by atoms with Crippen molar-refractivity contribution in [2.24, 2.45) is 0 Å². The standard InChI is InChI=1S/C29H35N3O5S/c1-6-27(29(34)30-4)31(19-23-12-14-25(37-5)15-13-23)28(33)20-32(24-9-7-8-22(3)18-24)38(35,36)26-16-10-21(2)11-17-26/h7-18,27H,6,19-20H2,1-5H3,(H,30,34)/t27-/m1/s1. The Morgan fingerprint density at radius 1 is 0.947 bits per heavy atom. The maximum absolute atomic E-state index is 13.9. The molecular weight excluding hydrogens is 502 g/mol. The summed E-state index contributed by atoms with van der Waals surface area (Å²) in [4.78, 5) is 28.2. The number of carbonyl (C=O) groups excluding carboxylic acids is 2. The molecule has 2 amide bonds. The number of benzene rings is 3. The molecule has 1 N–H and O–H groups in total. The van der Waals surface area contributed by atoms with Crippen molar-refractivity contribution in [1.29, 1.82) is 0 Å². The highest BCUT2D eigenvalue weighted by atomic mass is 32.2. The van der Waals surface area contributed by atoms with Gasteiger partial charge in [-0.3, -0.25) is 13.9 Å². The molecule has 0 aliphatic carbocycles. The van der Waals surface area contributed by atoms with Gasteiger partial charge in [0.05, 0.1) is 17.7 Å². The first kappa shape index (κ1) is 28.7. The largest absolute Gasteiger partial charge is 0.497 e. The van der Waals surface area contributed by atoms with E-state index in [9.17, 15) is 18.0 Å². The van der Waals surface area contributed by atoms with Gasteiger partial charge in [0, 0.05) is 13.6 Å². The molecule has 3 aromatic rings. The fourth-order valence-electron chi connectivity index (χ4n) is 4.16. The summed E-state index contributed by atoms with van der Waals surface area (Å²) in [5, 5.41) is 2.62. The number of anilines is 1. The molecule has 0 fully saturated rings. The Labute approximate surface area is 225 Å². The van der Waals surface area contributed by atoms with Gasteiger partial charge in [-0.2, -0.15) is 0 Å². The zero-order valence-corrected chi connectivity index (χ0v) is 23.3. The number of methoxy groups -OCH3 is 1. The number of sulfonamides is 1. The van der Waals surface area contributed by atoms with Crippen LogP contribution in [-0.4, -0.2) is 51.9 Å². The van der Waals surface area contributed by atoms with Crippen LogP contribution in [-0.2, 0) is 26.2 Å². The molecule has 0 spiro atoms. The van der Waals surface area contributed by atoms with Crippen molar-refractivity contribution in [3.05, 3.63) is 89.5 Å². The van der Waals surface area contributed by atoms with Crippen LogP contribution in [0.25, 0.3) is 0 Å². The molecule has 0 aromatic heterocycles. The van der Waals surface area contributed by atoms with Gasteiger partial charge in [-0.15, -0.1) is 0 Å². The number of nitrogens with one attached hydrogen (secondary N) is 1. The van der Waals surface area contributed by atoms with E-state index in [0.29, 0.717) is 17.9 Å². The molecule has 1 atom stereocenters. The molecule has 0 bridgehead atoms. The predicted molar refractivity (Wildman–Crippen MR) is 149 cm³/mol. The van der Waals surface area contributed by atoms with E-state index < -0.39 is 28.5 Å². The first-order valence-corrected chi connectivity index (χ1v) is 13.8. The van der Waals surface area contributed by atoms with Crippen molar-refractivity contribution in [2.75, 3.05) is 25.0 Å². The van der Waals surface area contributed by atoms with Gasteiger partial charge in [0.1, 0.15) is 18.3 Å². The fourth-order valence-corrected chi connectivity index (χ4v) is 5.57. The Morgan fingerprint density at radius 2 is 1.61 bits per heavy atom. The third-order valence-corrected chi connectivity index (χ3v) is 8.11. The highest BCUT2D eigenvalue weighted by molar-refractivity contribution is 7.92. The lowest BCUT2D eigenvalue weighted by Gasteiger charge is -2.33. The van der Waals surface area contributed by atoms with Crippen LogP contribution in [0.1, 0.15) is 30.0 Å². The van der Waals surface area contributed by atoms with Crippen molar-refractivity contribution in [2.45, 2.75) is 44.7 Å². The van der Waals surface area contributed by atoms with Crippen LogP contribution in [0.5, 0.6) is 5.75 Å². The number of ether oxygens (including phenoxy) is 1. The topological polar surface area (TPSA) is 96.0 Å². The Bertz CT molecular complexity index is 1360. The molecule has 0 aliphatic heterocycles. The van der Waals surface area contributed by atoms with Crippen molar-refractivity contribution in [1.82, 2.24) is 10.2 Å². The second-order valence-electron chi connectivity index (χ2n) is 9.07. The number of amides is 2. The Hall–Kier alpha value is -3.85. The van der Waals surface area contributed by atoms with E-state index in [-0.39, 0.29) is 17.3 Å². The summed E-state index contributed by atoms with van der Waals surface area (Å²) in [6.07, 6.45) is 0.358. The average molecular weight is 538 g/mol. The predicted octanol–water partition coefficient (Wildman–Crippen LogP) is 4.06. The lowest BCUT2D eigenvalue weighted by atomic mass is 10.1. The molecule has 8 nitrogen and oxygen atoms in total. The van der Waals surface area contributed by atoms with Gasteiger partial charge in [-0.25, -0.2) is 8.42 Å². The summed E-state index contributed by atoms with van der Waals surface area (Å²) in [5.74, 6) is -0.147. The average Bonchev–Trinajstić information content (AvgIpc) is 2.91. The minimum atomic E-state index is -4.09. The fraction of sp³-hybridized carbons (Fsp3) is 0.310. The molecule has 9 heteroatoms. The van der Waals surface area contributed by atoms with Crippen molar-refractivity contribution in [3.8, 4) is 5.75 Å². The van der Waals surface area contributed by atoms with Crippen LogP contribution in [0.3, 0.4) is 0 Å². The van der Waals surface area contributed by atoms with Gasteiger partial charge in [0.25, 0.3) is 10.0 Å². The van der Waals surface area contributed by atoms with Crippen LogP contribution in [0, 0.1) is 13.8 Å². The van der Waals surface area contributed by atoms with Crippen LogP contribution < -0.4 is 14.4 Å². The molecule has 0 unspecified atom stereocenters. The van der Waals surface area contributed by atoms with E-state index in [4.69, 9.17) is 4.74 Å². The zero-order valence-electron chi connectivity index (χ0n) is 22.5. The molecule has 0 aliphatic rings. The molecule has 3 rings (SSSR count). The molecule has 0 heterocycles. The minimum Gasteiger partial charge on any atom is -0.497 e. The Kier molecular flexibility index (Phi) is 9.52. The number of nitrogens with zero attached hydrogens (tertiary/aromatic N) is 2. The highest BCUT2D eigenvalue weighted by Gasteiger charge is 2.33. The number of rotatable bonds is 11. The van der Waals surface area contributed by atoms with E-state index in [0.717, 1.165) is 21.0 Å². The van der Waals surface area contributed by atoms with E-state index >= 15 is 0 Å². The van der Waals surface area contributed by atoms with Crippen LogP contribution in [0.2, 0.25) is 0 Å². The number of hydrogen-bond donors (Lipinski definition) is 1. The maximum Gasteiger partial charge on any atom is 0.264 e. The van der Waals surface area contributed by atoms with Crippen molar-refractivity contribution >= 4 is 27.5 Å². The van der Waals surface area contributed by atoms with Gasteiger partial charge in [-0.05, 0) is 67.8 Å². The highest BCUT2D eigenvalue weighted by Crippen LogP contribution is 2.26. The third kappa shape index (κ3) is 6.72. The monoisotopic (exact) mass is 537 g/mol. The smallest absolute Gasteiger partial charge is 0.264 e. The summed E-state index contributed by atoms with van der Waals surface area (Å²) in [7, 11) is -1.00. The quantitative estimate of drug-likeness (QED) is 0.398. The Morgan fingerprint density at radius 3 is 2.16 bits per heavy atom. The SMILES string of the molecule is CC[C@H](C(=O)NC)N(Cc1ccc(OC)cc1)C(=O)CN(c1cccc(C)c1)S(=O)(=O)c1ccc(C)cc1. The lowest BCUT2D eigenvalue weighted by Crippen LogP contribution is -2.51. The minimum absolute atomic E-state index is 0.0810. The summed E-state index contributed by atoms with van der Waals surface area (Å²) in [6, 6.07) is 19.9. The second-order valence-corrected chi connectivity index (χ2v) is 10.9. The zero-order chi connectivity index (χ0) is 27.9. The van der Waals surface area contributed by atoms with E-state index in [1.807, 2.05) is 39.0 Å².